The van der Waals surface area contributed by atoms with E-state index in [4.69, 9.17) is 0 Å². The Balaban J connectivity index is 2.55. The summed E-state index contributed by atoms with van der Waals surface area (Å²) < 4.78 is 0. The number of benzene rings is 1. The fourth-order valence-electron chi connectivity index (χ4n) is 3.61. The lowest BCUT2D eigenvalue weighted by Gasteiger charge is -2.47. The van der Waals surface area contributed by atoms with E-state index in [1.807, 2.05) is 7.05 Å². The molecule has 1 saturated carbocycles. The van der Waals surface area contributed by atoms with Crippen molar-refractivity contribution in [3.8, 4) is 0 Å². The summed E-state index contributed by atoms with van der Waals surface area (Å²) in [7, 11) is 2.02. The molecule has 2 rings (SSSR count). The van der Waals surface area contributed by atoms with E-state index in [1.165, 1.54) is 34.2 Å². The van der Waals surface area contributed by atoms with Crippen molar-refractivity contribution in [3.05, 3.63) is 33.9 Å². The van der Waals surface area contributed by atoms with E-state index in [-0.39, 0.29) is 18.1 Å². The van der Waals surface area contributed by atoms with Crippen molar-refractivity contribution in [1.29, 1.82) is 0 Å². The van der Waals surface area contributed by atoms with Crippen LogP contribution in [0.1, 0.15) is 53.1 Å². The van der Waals surface area contributed by atoms with Gasteiger partial charge in [0.15, 0.2) is 0 Å². The summed E-state index contributed by atoms with van der Waals surface area (Å²) in [4.78, 5) is 0. The number of aliphatic hydroxyl groups excluding tert-OH is 1. The molecule has 106 valence electrons. The van der Waals surface area contributed by atoms with Crippen LogP contribution in [0.5, 0.6) is 0 Å². The largest absolute Gasteiger partial charge is 0.396 e. The summed E-state index contributed by atoms with van der Waals surface area (Å²) >= 11 is 0. The van der Waals surface area contributed by atoms with Crippen LogP contribution in [0.25, 0.3) is 0 Å². The number of nitrogens with one attached hydrogen (secondary N) is 1. The zero-order valence-corrected chi connectivity index (χ0v) is 12.9. The van der Waals surface area contributed by atoms with Crippen LogP contribution in [0.15, 0.2) is 6.07 Å². The van der Waals surface area contributed by atoms with Crippen LogP contribution in [-0.4, -0.2) is 18.8 Å². The molecule has 0 spiro atoms. The Bertz CT molecular complexity index is 443. The van der Waals surface area contributed by atoms with Crippen molar-refractivity contribution in [2.75, 3.05) is 13.7 Å². The van der Waals surface area contributed by atoms with Crippen molar-refractivity contribution in [3.63, 3.8) is 0 Å². The summed E-state index contributed by atoms with van der Waals surface area (Å²) in [5.74, 6) is 0. The van der Waals surface area contributed by atoms with E-state index in [9.17, 15) is 5.11 Å². The number of rotatable bonds is 4. The lowest BCUT2D eigenvalue weighted by molar-refractivity contribution is 0.00741. The third-order valence-corrected chi connectivity index (χ3v) is 5.28. The van der Waals surface area contributed by atoms with Gasteiger partial charge >= 0.3 is 0 Å². The van der Waals surface area contributed by atoms with Crippen LogP contribution < -0.4 is 5.32 Å². The molecule has 0 amide bonds. The molecule has 1 unspecified atom stereocenters. The van der Waals surface area contributed by atoms with Gasteiger partial charge in [-0.05, 0) is 75.4 Å². The van der Waals surface area contributed by atoms with E-state index in [1.54, 1.807) is 0 Å². The van der Waals surface area contributed by atoms with Gasteiger partial charge in [-0.3, -0.25) is 0 Å². The molecule has 0 heterocycles. The van der Waals surface area contributed by atoms with E-state index in [0.717, 1.165) is 12.8 Å². The Morgan fingerprint density at radius 3 is 2.00 bits per heavy atom. The van der Waals surface area contributed by atoms with Crippen LogP contribution in [0.2, 0.25) is 0 Å². The van der Waals surface area contributed by atoms with Crippen molar-refractivity contribution >= 4 is 0 Å². The molecule has 0 aliphatic heterocycles. The first-order valence-corrected chi connectivity index (χ1v) is 7.32. The molecule has 0 bridgehead atoms. The van der Waals surface area contributed by atoms with Crippen molar-refractivity contribution in [2.45, 2.75) is 53.0 Å². The summed E-state index contributed by atoms with van der Waals surface area (Å²) in [6, 6.07) is 2.54. The molecule has 1 aliphatic rings. The van der Waals surface area contributed by atoms with Gasteiger partial charge in [0.1, 0.15) is 0 Å². The fourth-order valence-corrected chi connectivity index (χ4v) is 3.61. The van der Waals surface area contributed by atoms with Gasteiger partial charge in [-0.2, -0.15) is 0 Å². The highest BCUT2D eigenvalue weighted by Gasteiger charge is 2.44. The van der Waals surface area contributed by atoms with Gasteiger partial charge < -0.3 is 10.4 Å². The predicted molar refractivity (Wildman–Crippen MR) is 80.6 cm³/mol. The Kier molecular flexibility index (Phi) is 4.03. The molecule has 1 fully saturated rings. The van der Waals surface area contributed by atoms with E-state index in [2.05, 4.69) is 39.1 Å². The number of hydrogen-bond acceptors (Lipinski definition) is 2. The third-order valence-electron chi connectivity index (χ3n) is 5.28. The zero-order chi connectivity index (χ0) is 14.2. The van der Waals surface area contributed by atoms with Gasteiger partial charge in [-0.25, -0.2) is 0 Å². The van der Waals surface area contributed by atoms with E-state index in [0.29, 0.717) is 0 Å². The molecule has 2 nitrogen and oxygen atoms in total. The maximum atomic E-state index is 9.88. The summed E-state index contributed by atoms with van der Waals surface area (Å²) in [6.07, 6.45) is 3.49. The highest BCUT2D eigenvalue weighted by atomic mass is 16.3. The highest BCUT2D eigenvalue weighted by molar-refractivity contribution is 5.46. The van der Waals surface area contributed by atoms with Crippen molar-refractivity contribution < 1.29 is 5.11 Å². The molecule has 1 aromatic rings. The van der Waals surface area contributed by atoms with Crippen LogP contribution in [0.3, 0.4) is 0 Å². The predicted octanol–water partition coefficient (Wildman–Crippen LogP) is 3.34. The van der Waals surface area contributed by atoms with Gasteiger partial charge in [-0.1, -0.05) is 12.5 Å². The van der Waals surface area contributed by atoms with Gasteiger partial charge in [0.2, 0.25) is 0 Å². The summed E-state index contributed by atoms with van der Waals surface area (Å²) in [6.45, 7) is 9.08. The normalized spacial score (nSPS) is 19.1. The quantitative estimate of drug-likeness (QED) is 0.871. The second-order valence-electron chi connectivity index (χ2n) is 6.27. The molecule has 19 heavy (non-hydrogen) atoms. The number of aryl methyl sites for hydroxylation is 2. The van der Waals surface area contributed by atoms with Gasteiger partial charge in [0.05, 0.1) is 6.61 Å². The lowest BCUT2D eigenvalue weighted by atomic mass is 9.61. The average Bonchev–Trinajstić information content (AvgIpc) is 2.34. The smallest absolute Gasteiger partial charge is 0.0505 e. The standard InChI is InChI=1S/C17H27NO/c1-11-9-12(2)14(4)15(13(11)3)16(18-5)17(10-19)7-6-8-17/h9,16,18-19H,6-8,10H2,1-5H3. The minimum Gasteiger partial charge on any atom is -0.396 e. The lowest BCUT2D eigenvalue weighted by Crippen LogP contribution is -2.45. The van der Waals surface area contributed by atoms with Gasteiger partial charge in [-0.15, -0.1) is 0 Å². The maximum Gasteiger partial charge on any atom is 0.0505 e. The van der Waals surface area contributed by atoms with Gasteiger partial charge in [0, 0.05) is 11.5 Å². The zero-order valence-electron chi connectivity index (χ0n) is 12.9. The van der Waals surface area contributed by atoms with Crippen molar-refractivity contribution in [2.24, 2.45) is 5.41 Å². The SMILES string of the molecule is CNC(c1c(C)c(C)cc(C)c1C)C1(CO)CCC1. The first-order chi connectivity index (χ1) is 8.96. The van der Waals surface area contributed by atoms with Crippen LogP contribution in [0.4, 0.5) is 0 Å². The molecule has 0 saturated heterocycles. The molecular formula is C17H27NO. The average molecular weight is 261 g/mol. The van der Waals surface area contributed by atoms with E-state index >= 15 is 0 Å². The van der Waals surface area contributed by atoms with Gasteiger partial charge in [0.25, 0.3) is 0 Å². The summed E-state index contributed by atoms with van der Waals surface area (Å²) in [5.41, 5.74) is 6.92. The molecule has 1 atom stereocenters. The first kappa shape index (κ1) is 14.5. The van der Waals surface area contributed by atoms with E-state index < -0.39 is 0 Å². The minimum absolute atomic E-state index is 0.0461. The molecule has 2 heteroatoms. The fraction of sp³-hybridized carbons (Fsp3) is 0.647. The van der Waals surface area contributed by atoms with Crippen molar-refractivity contribution in [1.82, 2.24) is 5.32 Å². The molecular weight excluding hydrogens is 234 g/mol. The topological polar surface area (TPSA) is 32.3 Å². The Morgan fingerprint density at radius 2 is 1.68 bits per heavy atom. The Labute approximate surface area is 117 Å². The Hall–Kier alpha value is -0.860. The van der Waals surface area contributed by atoms with Crippen LogP contribution in [0, 0.1) is 33.1 Å². The molecule has 0 aromatic heterocycles. The Morgan fingerprint density at radius 1 is 1.16 bits per heavy atom. The number of aliphatic hydroxyl groups is 1. The molecule has 1 aromatic carbocycles. The second kappa shape index (κ2) is 5.26. The highest BCUT2D eigenvalue weighted by Crippen LogP contribution is 2.51. The number of hydrogen-bond donors (Lipinski definition) is 2. The molecule has 2 N–H and O–H groups in total. The summed E-state index contributed by atoms with van der Waals surface area (Å²) in [5, 5.41) is 13.4. The maximum absolute atomic E-state index is 9.88. The first-order valence-electron chi connectivity index (χ1n) is 7.32. The van der Waals surface area contributed by atoms with Crippen LogP contribution in [-0.2, 0) is 0 Å². The van der Waals surface area contributed by atoms with Crippen LogP contribution >= 0.6 is 0 Å². The third kappa shape index (κ3) is 2.21. The molecule has 0 radical (unpaired) electrons. The second-order valence-corrected chi connectivity index (χ2v) is 6.27. The monoisotopic (exact) mass is 261 g/mol. The minimum atomic E-state index is 0.0461. The molecule has 1 aliphatic carbocycles.